The van der Waals surface area contributed by atoms with E-state index in [1.54, 1.807) is 22.9 Å². The maximum Gasteiger partial charge on any atom is 0.320 e. The van der Waals surface area contributed by atoms with Crippen LogP contribution >= 0.6 is 0 Å². The highest BCUT2D eigenvalue weighted by molar-refractivity contribution is 5.88. The number of amides is 2. The van der Waals surface area contributed by atoms with Crippen molar-refractivity contribution in [2.24, 2.45) is 0 Å². The quantitative estimate of drug-likeness (QED) is 0.815. The van der Waals surface area contributed by atoms with Gasteiger partial charge in [0.1, 0.15) is 5.75 Å². The lowest BCUT2D eigenvalue weighted by atomic mass is 10.1. The van der Waals surface area contributed by atoms with Crippen molar-refractivity contribution < 1.29 is 9.90 Å². The number of urea groups is 1. The minimum Gasteiger partial charge on any atom is -0.508 e. The van der Waals surface area contributed by atoms with Crippen LogP contribution in [0.1, 0.15) is 43.5 Å². The number of carbonyl (C=O) groups excluding carboxylic acids is 1. The molecule has 1 atom stereocenters. The van der Waals surface area contributed by atoms with Crippen LogP contribution in [0.3, 0.4) is 0 Å². The molecule has 6 nitrogen and oxygen atoms in total. The van der Waals surface area contributed by atoms with Crippen molar-refractivity contribution in [2.75, 3.05) is 5.32 Å². The molecule has 1 unspecified atom stereocenters. The fraction of sp³-hybridized carbons (Fsp3) is 0.375. The number of carbonyl (C=O) groups is 1. The first-order chi connectivity index (χ1) is 10.5. The highest BCUT2D eigenvalue weighted by Crippen LogP contribution is 2.36. The fourth-order valence-electron chi connectivity index (χ4n) is 2.79. The van der Waals surface area contributed by atoms with Gasteiger partial charge in [0, 0.05) is 18.3 Å². The number of phenols is 1. The van der Waals surface area contributed by atoms with Gasteiger partial charge in [0.05, 0.1) is 6.04 Å². The second kappa shape index (κ2) is 5.71. The molecule has 1 aliphatic carbocycles. The van der Waals surface area contributed by atoms with Crippen LogP contribution in [0, 0.1) is 0 Å². The first-order valence-electron chi connectivity index (χ1n) is 7.48. The van der Waals surface area contributed by atoms with Crippen LogP contribution in [-0.2, 0) is 6.42 Å². The molecule has 1 aliphatic rings. The summed E-state index contributed by atoms with van der Waals surface area (Å²) in [7, 11) is 0. The van der Waals surface area contributed by atoms with Crippen LogP contribution in [0.25, 0.3) is 0 Å². The van der Waals surface area contributed by atoms with Crippen molar-refractivity contribution in [3.8, 4) is 5.75 Å². The molecule has 2 aromatic rings. The smallest absolute Gasteiger partial charge is 0.320 e. The molecule has 0 radical (unpaired) electrons. The Morgan fingerprint density at radius 2 is 2.23 bits per heavy atom. The Bertz CT molecular complexity index is 693. The number of anilines is 1. The number of fused-ring (bicyclic) bond motifs is 1. The molecular formula is C16H20N4O2. The second-order valence-corrected chi connectivity index (χ2v) is 5.81. The summed E-state index contributed by atoms with van der Waals surface area (Å²) >= 11 is 0. The SMILES string of the molecule is CC(C)n1ccc(NC(=O)NC2CCc3c(O)cccc32)n1. The number of hydrogen-bond donors (Lipinski definition) is 3. The summed E-state index contributed by atoms with van der Waals surface area (Å²) in [6, 6.07) is 7.10. The molecule has 0 spiro atoms. The van der Waals surface area contributed by atoms with Gasteiger partial charge in [0.25, 0.3) is 0 Å². The monoisotopic (exact) mass is 300 g/mol. The first kappa shape index (κ1) is 14.4. The Morgan fingerprint density at radius 1 is 1.41 bits per heavy atom. The number of benzene rings is 1. The molecule has 2 amide bonds. The van der Waals surface area contributed by atoms with Crippen LogP contribution in [0.2, 0.25) is 0 Å². The van der Waals surface area contributed by atoms with Crippen molar-refractivity contribution in [3.05, 3.63) is 41.6 Å². The minimum atomic E-state index is -0.282. The van der Waals surface area contributed by atoms with Gasteiger partial charge < -0.3 is 10.4 Å². The molecule has 0 saturated carbocycles. The Kier molecular flexibility index (Phi) is 3.75. The Balaban J connectivity index is 1.65. The van der Waals surface area contributed by atoms with E-state index in [0.717, 1.165) is 24.0 Å². The van der Waals surface area contributed by atoms with E-state index in [9.17, 15) is 9.90 Å². The predicted molar refractivity (Wildman–Crippen MR) is 83.9 cm³/mol. The molecular weight excluding hydrogens is 280 g/mol. The molecule has 22 heavy (non-hydrogen) atoms. The van der Waals surface area contributed by atoms with E-state index >= 15 is 0 Å². The van der Waals surface area contributed by atoms with Crippen molar-refractivity contribution in [2.45, 2.75) is 38.8 Å². The van der Waals surface area contributed by atoms with Gasteiger partial charge in [-0.2, -0.15) is 5.10 Å². The molecule has 6 heteroatoms. The topological polar surface area (TPSA) is 79.2 Å². The first-order valence-corrected chi connectivity index (χ1v) is 7.48. The zero-order valence-corrected chi connectivity index (χ0v) is 12.7. The van der Waals surface area contributed by atoms with E-state index in [1.807, 2.05) is 26.1 Å². The summed E-state index contributed by atoms with van der Waals surface area (Å²) in [6.45, 7) is 4.05. The van der Waals surface area contributed by atoms with Crippen molar-refractivity contribution in [1.82, 2.24) is 15.1 Å². The molecule has 0 aliphatic heterocycles. The van der Waals surface area contributed by atoms with Gasteiger partial charge >= 0.3 is 6.03 Å². The number of aromatic nitrogens is 2. The van der Waals surface area contributed by atoms with Gasteiger partial charge in [0.15, 0.2) is 5.82 Å². The van der Waals surface area contributed by atoms with Crippen molar-refractivity contribution in [3.63, 3.8) is 0 Å². The van der Waals surface area contributed by atoms with E-state index in [1.165, 1.54) is 0 Å². The molecule has 3 N–H and O–H groups in total. The Hall–Kier alpha value is -2.50. The molecule has 1 heterocycles. The van der Waals surface area contributed by atoms with Crippen LogP contribution < -0.4 is 10.6 Å². The number of aromatic hydroxyl groups is 1. The van der Waals surface area contributed by atoms with E-state index < -0.39 is 0 Å². The molecule has 0 bridgehead atoms. The van der Waals surface area contributed by atoms with Crippen LogP contribution in [0.15, 0.2) is 30.5 Å². The number of nitrogens with zero attached hydrogens (tertiary/aromatic N) is 2. The van der Waals surface area contributed by atoms with Gasteiger partial charge in [-0.05, 0) is 43.9 Å². The third-order valence-corrected chi connectivity index (χ3v) is 3.93. The van der Waals surface area contributed by atoms with Crippen LogP contribution in [0.5, 0.6) is 5.75 Å². The number of phenolic OH excluding ortho intramolecular Hbond substituents is 1. The summed E-state index contributed by atoms with van der Waals surface area (Å²) < 4.78 is 1.79. The van der Waals surface area contributed by atoms with Gasteiger partial charge in [-0.25, -0.2) is 4.79 Å². The molecule has 3 rings (SSSR count). The van der Waals surface area contributed by atoms with Gasteiger partial charge in [-0.15, -0.1) is 0 Å². The summed E-state index contributed by atoms with van der Waals surface area (Å²) in [5.41, 5.74) is 1.92. The van der Waals surface area contributed by atoms with Crippen LogP contribution in [0.4, 0.5) is 10.6 Å². The maximum atomic E-state index is 12.1. The van der Waals surface area contributed by atoms with E-state index in [4.69, 9.17) is 0 Å². The number of hydrogen-bond acceptors (Lipinski definition) is 3. The van der Waals surface area contributed by atoms with E-state index in [2.05, 4.69) is 15.7 Å². The maximum absolute atomic E-state index is 12.1. The third-order valence-electron chi connectivity index (χ3n) is 3.93. The lowest BCUT2D eigenvalue weighted by Gasteiger charge is -2.14. The van der Waals surface area contributed by atoms with Gasteiger partial charge in [0.2, 0.25) is 0 Å². The van der Waals surface area contributed by atoms with Crippen LogP contribution in [-0.4, -0.2) is 20.9 Å². The third kappa shape index (κ3) is 2.77. The Labute approximate surface area is 129 Å². The number of rotatable bonds is 3. The highest BCUT2D eigenvalue weighted by atomic mass is 16.3. The minimum absolute atomic E-state index is 0.0747. The van der Waals surface area contributed by atoms with E-state index in [-0.39, 0.29) is 18.1 Å². The summed E-state index contributed by atoms with van der Waals surface area (Å²) in [4.78, 5) is 12.1. The second-order valence-electron chi connectivity index (χ2n) is 5.81. The van der Waals surface area contributed by atoms with E-state index in [0.29, 0.717) is 11.6 Å². The highest BCUT2D eigenvalue weighted by Gasteiger charge is 2.26. The largest absolute Gasteiger partial charge is 0.508 e. The summed E-state index contributed by atoms with van der Waals surface area (Å²) in [5.74, 6) is 0.832. The zero-order chi connectivity index (χ0) is 15.7. The predicted octanol–water partition coefficient (Wildman–Crippen LogP) is 2.98. The normalized spacial score (nSPS) is 16.6. The molecule has 0 saturated heterocycles. The van der Waals surface area contributed by atoms with Gasteiger partial charge in [-0.1, -0.05) is 12.1 Å². The molecule has 1 aromatic heterocycles. The molecule has 0 fully saturated rings. The summed E-state index contributed by atoms with van der Waals surface area (Å²) in [6.07, 6.45) is 3.40. The zero-order valence-electron chi connectivity index (χ0n) is 12.7. The lowest BCUT2D eigenvalue weighted by molar-refractivity contribution is 0.248. The standard InChI is InChI=1S/C16H20N4O2/c1-10(2)20-9-8-15(19-20)18-16(22)17-13-7-6-12-11(13)4-3-5-14(12)21/h3-5,8-10,13,21H,6-7H2,1-2H3,(H2,17,18,19,22). The van der Waals surface area contributed by atoms with Crippen molar-refractivity contribution in [1.29, 1.82) is 0 Å². The summed E-state index contributed by atoms with van der Waals surface area (Å²) in [5, 5.41) is 19.8. The Morgan fingerprint density at radius 3 is 2.95 bits per heavy atom. The molecule has 1 aromatic carbocycles. The number of nitrogens with one attached hydrogen (secondary N) is 2. The fourth-order valence-corrected chi connectivity index (χ4v) is 2.79. The average Bonchev–Trinajstić information content (AvgIpc) is 3.07. The van der Waals surface area contributed by atoms with Crippen molar-refractivity contribution >= 4 is 11.8 Å². The van der Waals surface area contributed by atoms with Gasteiger partial charge in [-0.3, -0.25) is 10.00 Å². The molecule has 116 valence electrons. The average molecular weight is 300 g/mol. The lowest BCUT2D eigenvalue weighted by Crippen LogP contribution is -2.31.